The van der Waals surface area contributed by atoms with Crippen LogP contribution >= 0.6 is 0 Å². The number of allylic oxidation sites excluding steroid dienone is 1. The lowest BCUT2D eigenvalue weighted by Gasteiger charge is -2.11. The first-order valence-electron chi connectivity index (χ1n) is 7.79. The zero-order valence-corrected chi connectivity index (χ0v) is 14.1. The third-order valence-electron chi connectivity index (χ3n) is 3.34. The smallest absolute Gasteiger partial charge is 0.383 e. The van der Waals surface area contributed by atoms with Crippen LogP contribution in [0.25, 0.3) is 11.0 Å². The molecule has 0 atom stereocenters. The van der Waals surface area contributed by atoms with Gasteiger partial charge in [-0.05, 0) is 38.5 Å². The Labute approximate surface area is 144 Å². The monoisotopic (exact) mass is 348 g/mol. The predicted octanol–water partition coefficient (Wildman–Crippen LogP) is 3.09. The molecule has 1 heterocycles. The summed E-state index contributed by atoms with van der Waals surface area (Å²) in [6, 6.07) is 4.74. The van der Waals surface area contributed by atoms with Crippen molar-refractivity contribution in [1.82, 2.24) is 0 Å². The number of benzene rings is 1. The lowest BCUT2D eigenvalue weighted by molar-refractivity contribution is -0.137. The normalized spacial score (nSPS) is 10.5. The molecule has 2 aromatic rings. The van der Waals surface area contributed by atoms with Gasteiger partial charge >= 0.3 is 11.6 Å². The highest BCUT2D eigenvalue weighted by atomic mass is 16.5. The van der Waals surface area contributed by atoms with E-state index in [9.17, 15) is 14.7 Å². The number of fused-ring (bicyclic) bond motifs is 1. The summed E-state index contributed by atoms with van der Waals surface area (Å²) < 4.78 is 16.0. The molecule has 0 bridgehead atoms. The maximum Gasteiger partial charge on any atom is 0.383 e. The van der Waals surface area contributed by atoms with Crippen LogP contribution in [0.4, 0.5) is 0 Å². The minimum Gasteiger partial charge on any atom is -0.503 e. The van der Waals surface area contributed by atoms with E-state index < -0.39 is 11.6 Å². The second-order valence-electron chi connectivity index (χ2n) is 5.63. The Morgan fingerprint density at radius 2 is 2.04 bits per heavy atom. The van der Waals surface area contributed by atoms with Gasteiger partial charge in [0.25, 0.3) is 0 Å². The van der Waals surface area contributed by atoms with Crippen LogP contribution < -0.4 is 15.1 Å². The van der Waals surface area contributed by atoms with Gasteiger partial charge in [-0.2, -0.15) is 0 Å². The minimum absolute atomic E-state index is 0.0249. The molecule has 2 N–H and O–H groups in total. The summed E-state index contributed by atoms with van der Waals surface area (Å²) in [5.74, 6) is -1.27. The van der Waals surface area contributed by atoms with E-state index in [1.165, 1.54) is 6.07 Å². The lowest BCUT2D eigenvalue weighted by Crippen LogP contribution is -2.08. The van der Waals surface area contributed by atoms with Crippen molar-refractivity contribution in [2.75, 3.05) is 13.2 Å². The second-order valence-corrected chi connectivity index (χ2v) is 5.63. The number of aliphatic carboxylic acids is 1. The van der Waals surface area contributed by atoms with Crippen molar-refractivity contribution in [3.63, 3.8) is 0 Å². The maximum absolute atomic E-state index is 12.0. The minimum atomic E-state index is -0.912. The molecular weight excluding hydrogens is 328 g/mol. The molecule has 0 aliphatic rings. The molecule has 0 amide bonds. The van der Waals surface area contributed by atoms with Crippen LogP contribution in [0.15, 0.2) is 39.1 Å². The average Bonchev–Trinajstić information content (AvgIpc) is 2.54. The number of carboxylic acid groups (broad SMARTS) is 1. The van der Waals surface area contributed by atoms with E-state index in [0.717, 1.165) is 5.57 Å². The summed E-state index contributed by atoms with van der Waals surface area (Å²) in [6.45, 7) is 4.04. The van der Waals surface area contributed by atoms with Gasteiger partial charge in [0.15, 0.2) is 5.75 Å². The molecule has 0 unspecified atom stereocenters. The molecule has 7 nitrogen and oxygen atoms in total. The molecule has 0 spiro atoms. The van der Waals surface area contributed by atoms with Crippen LogP contribution in [0, 0.1) is 0 Å². The number of hydrogen-bond donors (Lipinski definition) is 2. The van der Waals surface area contributed by atoms with Crippen molar-refractivity contribution in [2.24, 2.45) is 0 Å². The number of carbonyl (C=O) groups is 1. The van der Waals surface area contributed by atoms with Gasteiger partial charge in [-0.1, -0.05) is 11.6 Å². The Balaban J connectivity index is 2.32. The van der Waals surface area contributed by atoms with Crippen molar-refractivity contribution in [3.8, 4) is 17.2 Å². The third-order valence-corrected chi connectivity index (χ3v) is 3.34. The first-order valence-corrected chi connectivity index (χ1v) is 7.79. The van der Waals surface area contributed by atoms with E-state index in [2.05, 4.69) is 0 Å². The van der Waals surface area contributed by atoms with E-state index in [0.29, 0.717) is 6.42 Å². The van der Waals surface area contributed by atoms with Crippen molar-refractivity contribution < 1.29 is 28.9 Å². The van der Waals surface area contributed by atoms with Crippen molar-refractivity contribution in [1.29, 1.82) is 0 Å². The molecule has 7 heteroatoms. The molecule has 25 heavy (non-hydrogen) atoms. The van der Waals surface area contributed by atoms with Gasteiger partial charge in [0.2, 0.25) is 5.75 Å². The average molecular weight is 348 g/mol. The molecule has 0 saturated heterocycles. The fourth-order valence-electron chi connectivity index (χ4n) is 2.13. The summed E-state index contributed by atoms with van der Waals surface area (Å²) in [5, 5.41) is 19.3. The summed E-state index contributed by atoms with van der Waals surface area (Å²) in [4.78, 5) is 22.5. The van der Waals surface area contributed by atoms with E-state index in [4.69, 9.17) is 19.0 Å². The standard InChI is InChI=1S/C18H20O7/c1-11(2)8-10-24-17-16(21)15-12(23-9-4-7-14(19)20)5-3-6-13(15)25-18(17)22/h3,5-6,8,21H,4,7,9-10H2,1-2H3,(H,19,20). The number of aromatic hydroxyl groups is 1. The quantitative estimate of drug-likeness (QED) is 0.429. The SMILES string of the molecule is CC(C)=CCOc1c(O)c2c(OCCCC(=O)O)cccc2oc1=O. The highest BCUT2D eigenvalue weighted by molar-refractivity contribution is 5.91. The lowest BCUT2D eigenvalue weighted by atomic mass is 10.2. The number of hydrogen-bond acceptors (Lipinski definition) is 6. The van der Waals surface area contributed by atoms with Gasteiger partial charge in [-0.25, -0.2) is 4.79 Å². The highest BCUT2D eigenvalue weighted by Gasteiger charge is 2.18. The van der Waals surface area contributed by atoms with Gasteiger partial charge in [-0.3, -0.25) is 4.79 Å². The summed E-state index contributed by atoms with van der Waals surface area (Å²) in [5.41, 5.74) is 0.384. The first kappa shape index (κ1) is 18.4. The highest BCUT2D eigenvalue weighted by Crippen LogP contribution is 2.37. The van der Waals surface area contributed by atoms with E-state index in [1.54, 1.807) is 18.2 Å². The number of rotatable bonds is 8. The van der Waals surface area contributed by atoms with Crippen LogP contribution in [0.1, 0.15) is 26.7 Å². The van der Waals surface area contributed by atoms with Crippen molar-refractivity contribution in [2.45, 2.75) is 26.7 Å². The third kappa shape index (κ3) is 4.76. The van der Waals surface area contributed by atoms with E-state index in [-0.39, 0.29) is 47.9 Å². The Morgan fingerprint density at radius 3 is 2.72 bits per heavy atom. The molecule has 2 rings (SSSR count). The molecule has 0 radical (unpaired) electrons. The molecule has 1 aromatic heterocycles. The Bertz CT molecular complexity index is 844. The fourth-order valence-corrected chi connectivity index (χ4v) is 2.13. The molecular formula is C18H20O7. The Hall–Kier alpha value is -2.96. The van der Waals surface area contributed by atoms with E-state index in [1.807, 2.05) is 13.8 Å². The first-order chi connectivity index (χ1) is 11.9. The second kappa shape index (κ2) is 8.23. The van der Waals surface area contributed by atoms with Gasteiger partial charge in [0.1, 0.15) is 23.3 Å². The summed E-state index contributed by atoms with van der Waals surface area (Å²) in [7, 11) is 0. The van der Waals surface area contributed by atoms with Crippen molar-refractivity contribution in [3.05, 3.63) is 40.3 Å². The zero-order chi connectivity index (χ0) is 18.4. The number of carboxylic acids is 1. The van der Waals surface area contributed by atoms with Crippen LogP contribution in [-0.2, 0) is 4.79 Å². The molecule has 1 aromatic carbocycles. The van der Waals surface area contributed by atoms with Crippen LogP contribution in [0.2, 0.25) is 0 Å². The largest absolute Gasteiger partial charge is 0.503 e. The van der Waals surface area contributed by atoms with Gasteiger partial charge < -0.3 is 24.1 Å². The van der Waals surface area contributed by atoms with Gasteiger partial charge in [0, 0.05) is 6.42 Å². The summed E-state index contributed by atoms with van der Waals surface area (Å²) >= 11 is 0. The molecule has 134 valence electrons. The topological polar surface area (TPSA) is 106 Å². The van der Waals surface area contributed by atoms with Gasteiger partial charge in [-0.15, -0.1) is 0 Å². The Kier molecular flexibility index (Phi) is 6.05. The zero-order valence-electron chi connectivity index (χ0n) is 14.1. The van der Waals surface area contributed by atoms with Crippen LogP contribution in [0.5, 0.6) is 17.2 Å². The maximum atomic E-state index is 12.0. The molecule has 0 aliphatic heterocycles. The van der Waals surface area contributed by atoms with Crippen LogP contribution in [-0.4, -0.2) is 29.4 Å². The summed E-state index contributed by atoms with van der Waals surface area (Å²) in [6.07, 6.45) is 2.05. The predicted molar refractivity (Wildman–Crippen MR) is 91.4 cm³/mol. The van der Waals surface area contributed by atoms with Crippen molar-refractivity contribution >= 4 is 16.9 Å². The molecule has 0 saturated carbocycles. The molecule has 0 aliphatic carbocycles. The fraction of sp³-hybridized carbons (Fsp3) is 0.333. The molecule has 0 fully saturated rings. The Morgan fingerprint density at radius 1 is 1.28 bits per heavy atom. The van der Waals surface area contributed by atoms with E-state index >= 15 is 0 Å². The van der Waals surface area contributed by atoms with Crippen LogP contribution in [0.3, 0.4) is 0 Å². The van der Waals surface area contributed by atoms with Gasteiger partial charge in [0.05, 0.1) is 6.61 Å². The number of ether oxygens (including phenoxy) is 2.